The third-order valence-electron chi connectivity index (χ3n) is 3.83. The minimum absolute atomic E-state index is 0.0848. The van der Waals surface area contributed by atoms with Crippen LogP contribution in [0.1, 0.15) is 18.9 Å². The summed E-state index contributed by atoms with van der Waals surface area (Å²) in [6, 6.07) is 16.5. The van der Waals surface area contributed by atoms with E-state index in [-0.39, 0.29) is 5.91 Å². The molecule has 28 heavy (non-hydrogen) atoms. The molecule has 0 unspecified atom stereocenters. The van der Waals surface area contributed by atoms with Crippen LogP contribution in [0, 0.1) is 0 Å². The van der Waals surface area contributed by atoms with Crippen molar-refractivity contribution >= 4 is 40.6 Å². The number of carboxylic acid groups (broad SMARTS) is 1. The van der Waals surface area contributed by atoms with Gasteiger partial charge >= 0.3 is 5.97 Å². The summed E-state index contributed by atoms with van der Waals surface area (Å²) < 4.78 is 5.20. The van der Waals surface area contributed by atoms with E-state index < -0.39 is 12.6 Å². The van der Waals surface area contributed by atoms with Crippen LogP contribution < -0.4 is 4.74 Å². The number of para-hydroxylation sites is 1. The van der Waals surface area contributed by atoms with Crippen LogP contribution in [0.25, 0.3) is 6.08 Å². The average molecular weight is 396 g/mol. The van der Waals surface area contributed by atoms with Crippen LogP contribution in [0.4, 0.5) is 5.69 Å². The van der Waals surface area contributed by atoms with Crippen molar-refractivity contribution < 1.29 is 19.4 Å². The Balaban J connectivity index is 1.86. The number of carbonyl (C=O) groups excluding carboxylic acids is 1. The number of amidine groups is 1. The van der Waals surface area contributed by atoms with Gasteiger partial charge in [-0.1, -0.05) is 37.3 Å². The third kappa shape index (κ3) is 5.01. The molecule has 1 saturated heterocycles. The standard InChI is InChI=1S/C21H20N2O4S/c1-2-11-23-20(26)18(28-21(23)22-16-8-4-3-5-9-16)13-15-7-6-10-17(12-15)27-14-19(24)25/h3-10,12-13H,2,11,14H2,1H3,(H,24,25). The Hall–Kier alpha value is -3.06. The summed E-state index contributed by atoms with van der Waals surface area (Å²) in [5.41, 5.74) is 1.56. The first-order valence-corrected chi connectivity index (χ1v) is 9.68. The molecule has 2 aromatic carbocycles. The Labute approximate surface area is 167 Å². The van der Waals surface area contributed by atoms with Crippen molar-refractivity contribution in [3.8, 4) is 5.75 Å². The molecule has 0 saturated carbocycles. The fourth-order valence-corrected chi connectivity index (χ4v) is 3.64. The number of aliphatic carboxylic acids is 1. The molecule has 0 radical (unpaired) electrons. The van der Waals surface area contributed by atoms with E-state index in [4.69, 9.17) is 9.84 Å². The van der Waals surface area contributed by atoms with E-state index in [1.807, 2.05) is 43.3 Å². The van der Waals surface area contributed by atoms with Crippen LogP contribution >= 0.6 is 11.8 Å². The minimum atomic E-state index is -1.04. The molecular weight excluding hydrogens is 376 g/mol. The molecule has 0 spiro atoms. The number of carboxylic acids is 1. The van der Waals surface area contributed by atoms with Gasteiger partial charge in [-0.25, -0.2) is 9.79 Å². The van der Waals surface area contributed by atoms with Gasteiger partial charge in [-0.2, -0.15) is 0 Å². The van der Waals surface area contributed by atoms with Gasteiger partial charge in [0.05, 0.1) is 10.6 Å². The van der Waals surface area contributed by atoms with E-state index in [0.29, 0.717) is 22.4 Å². The second-order valence-corrected chi connectivity index (χ2v) is 7.06. The van der Waals surface area contributed by atoms with Crippen LogP contribution in [0.3, 0.4) is 0 Å². The van der Waals surface area contributed by atoms with Gasteiger partial charge in [0.2, 0.25) is 0 Å². The van der Waals surface area contributed by atoms with E-state index in [9.17, 15) is 9.59 Å². The number of nitrogens with zero attached hydrogens (tertiary/aromatic N) is 2. The summed E-state index contributed by atoms with van der Waals surface area (Å²) in [6.07, 6.45) is 2.60. The van der Waals surface area contributed by atoms with Crippen molar-refractivity contribution in [1.82, 2.24) is 4.90 Å². The Bertz CT molecular complexity index is 925. The molecule has 1 aliphatic heterocycles. The molecule has 7 heteroatoms. The molecule has 0 bridgehead atoms. The highest BCUT2D eigenvalue weighted by atomic mass is 32.2. The highest BCUT2D eigenvalue weighted by Gasteiger charge is 2.32. The summed E-state index contributed by atoms with van der Waals surface area (Å²) in [4.78, 5) is 30.4. The van der Waals surface area contributed by atoms with Crippen LogP contribution in [-0.2, 0) is 9.59 Å². The summed E-state index contributed by atoms with van der Waals surface area (Å²) >= 11 is 1.33. The van der Waals surface area contributed by atoms with E-state index in [1.165, 1.54) is 11.8 Å². The smallest absolute Gasteiger partial charge is 0.341 e. The molecule has 1 N–H and O–H groups in total. The van der Waals surface area contributed by atoms with Crippen molar-refractivity contribution in [2.45, 2.75) is 13.3 Å². The van der Waals surface area contributed by atoms with Gasteiger partial charge in [-0.15, -0.1) is 0 Å². The quantitative estimate of drug-likeness (QED) is 0.711. The summed E-state index contributed by atoms with van der Waals surface area (Å²) in [5, 5.41) is 9.39. The molecular formula is C21H20N2O4S. The fourth-order valence-electron chi connectivity index (χ4n) is 2.62. The lowest BCUT2D eigenvalue weighted by Gasteiger charge is -2.13. The van der Waals surface area contributed by atoms with E-state index >= 15 is 0 Å². The highest BCUT2D eigenvalue weighted by Crippen LogP contribution is 2.34. The average Bonchev–Trinajstić information content (AvgIpc) is 2.97. The lowest BCUT2D eigenvalue weighted by atomic mass is 10.2. The van der Waals surface area contributed by atoms with Crippen LogP contribution in [0.15, 0.2) is 64.5 Å². The molecule has 1 fully saturated rings. The van der Waals surface area contributed by atoms with Gasteiger partial charge in [-0.05, 0) is 54.1 Å². The second-order valence-electron chi connectivity index (χ2n) is 6.05. The summed E-state index contributed by atoms with van der Waals surface area (Å²) in [5.74, 6) is -0.684. The Morgan fingerprint density at radius 3 is 2.71 bits per heavy atom. The normalized spacial score (nSPS) is 16.8. The fraction of sp³-hybridized carbons (Fsp3) is 0.190. The van der Waals surface area contributed by atoms with Crippen molar-refractivity contribution in [3.05, 3.63) is 65.1 Å². The van der Waals surface area contributed by atoms with Crippen LogP contribution in [0.5, 0.6) is 5.75 Å². The van der Waals surface area contributed by atoms with Gasteiger partial charge < -0.3 is 9.84 Å². The number of hydrogen-bond donors (Lipinski definition) is 1. The predicted molar refractivity (Wildman–Crippen MR) is 111 cm³/mol. The number of carbonyl (C=O) groups is 2. The molecule has 0 atom stereocenters. The number of thioether (sulfide) groups is 1. The lowest BCUT2D eigenvalue weighted by Crippen LogP contribution is -2.29. The maximum atomic E-state index is 12.8. The van der Waals surface area contributed by atoms with Crippen LogP contribution in [0.2, 0.25) is 0 Å². The molecule has 1 amide bonds. The summed E-state index contributed by atoms with van der Waals surface area (Å²) in [6.45, 7) is 2.20. The molecule has 3 rings (SSSR count). The zero-order chi connectivity index (χ0) is 19.9. The molecule has 2 aromatic rings. The maximum Gasteiger partial charge on any atom is 0.341 e. The van der Waals surface area contributed by atoms with Crippen molar-refractivity contribution in [2.24, 2.45) is 4.99 Å². The Morgan fingerprint density at radius 2 is 2.00 bits per heavy atom. The first kappa shape index (κ1) is 19.7. The molecule has 1 heterocycles. The zero-order valence-corrected chi connectivity index (χ0v) is 16.2. The van der Waals surface area contributed by atoms with Gasteiger partial charge in [0.25, 0.3) is 5.91 Å². The van der Waals surface area contributed by atoms with Crippen molar-refractivity contribution in [3.63, 3.8) is 0 Å². The topological polar surface area (TPSA) is 79.2 Å². The largest absolute Gasteiger partial charge is 0.482 e. The Morgan fingerprint density at radius 1 is 1.21 bits per heavy atom. The first-order chi connectivity index (χ1) is 13.6. The predicted octanol–water partition coefficient (Wildman–Crippen LogP) is 4.16. The highest BCUT2D eigenvalue weighted by molar-refractivity contribution is 8.18. The zero-order valence-electron chi connectivity index (χ0n) is 15.4. The number of rotatable bonds is 7. The maximum absolute atomic E-state index is 12.8. The van der Waals surface area contributed by atoms with E-state index in [2.05, 4.69) is 4.99 Å². The van der Waals surface area contributed by atoms with Gasteiger partial charge in [-0.3, -0.25) is 9.69 Å². The van der Waals surface area contributed by atoms with E-state index in [1.54, 1.807) is 29.2 Å². The number of aliphatic imine (C=N–C) groups is 1. The monoisotopic (exact) mass is 396 g/mol. The second kappa shape index (κ2) is 9.23. The minimum Gasteiger partial charge on any atom is -0.482 e. The third-order valence-corrected chi connectivity index (χ3v) is 4.84. The van der Waals surface area contributed by atoms with Gasteiger partial charge in [0.1, 0.15) is 5.75 Å². The lowest BCUT2D eigenvalue weighted by molar-refractivity contribution is -0.139. The van der Waals surface area contributed by atoms with Crippen LogP contribution in [-0.4, -0.2) is 40.2 Å². The number of hydrogen-bond acceptors (Lipinski definition) is 5. The molecule has 144 valence electrons. The van der Waals surface area contributed by atoms with Crippen molar-refractivity contribution in [1.29, 1.82) is 0 Å². The van der Waals surface area contributed by atoms with Gasteiger partial charge in [0, 0.05) is 6.54 Å². The Kier molecular flexibility index (Phi) is 6.49. The summed E-state index contributed by atoms with van der Waals surface area (Å²) in [7, 11) is 0. The molecule has 6 nitrogen and oxygen atoms in total. The molecule has 0 aliphatic carbocycles. The molecule has 1 aliphatic rings. The first-order valence-electron chi connectivity index (χ1n) is 8.86. The van der Waals surface area contributed by atoms with Gasteiger partial charge in [0.15, 0.2) is 11.8 Å². The number of benzene rings is 2. The number of amides is 1. The van der Waals surface area contributed by atoms with Crippen molar-refractivity contribution in [2.75, 3.05) is 13.2 Å². The molecule has 0 aromatic heterocycles. The SMILES string of the molecule is CCCN1C(=O)C(=Cc2cccc(OCC(=O)O)c2)SC1=Nc1ccccc1. The number of ether oxygens (including phenoxy) is 1. The van der Waals surface area contributed by atoms with E-state index in [0.717, 1.165) is 17.7 Å².